The summed E-state index contributed by atoms with van der Waals surface area (Å²) in [5.74, 6) is 0.0590. The van der Waals surface area contributed by atoms with Gasteiger partial charge in [-0.3, -0.25) is 4.79 Å². The first kappa shape index (κ1) is 11.4. The molecule has 0 spiro atoms. The van der Waals surface area contributed by atoms with Crippen molar-refractivity contribution in [3.8, 4) is 0 Å². The molecule has 2 nitrogen and oxygen atoms in total. The number of thiophene rings is 1. The molecule has 1 heterocycles. The van der Waals surface area contributed by atoms with E-state index < -0.39 is 5.60 Å². The van der Waals surface area contributed by atoms with Gasteiger partial charge in [0.05, 0.1) is 0 Å². The normalized spacial score (nSPS) is 11.7. The lowest BCUT2D eigenvalue weighted by Gasteiger charge is -2.22. The van der Waals surface area contributed by atoms with Crippen molar-refractivity contribution in [3.05, 3.63) is 21.9 Å². The summed E-state index contributed by atoms with van der Waals surface area (Å²) in [4.78, 5) is 13.1. The zero-order valence-electron chi connectivity index (χ0n) is 9.09. The predicted molar refractivity (Wildman–Crippen MR) is 59.1 cm³/mol. The van der Waals surface area contributed by atoms with Crippen molar-refractivity contribution in [2.24, 2.45) is 0 Å². The van der Waals surface area contributed by atoms with Gasteiger partial charge in [-0.25, -0.2) is 0 Å². The monoisotopic (exact) mass is 212 g/mol. The number of ketones is 1. The third-order valence-electron chi connectivity index (χ3n) is 2.04. The van der Waals surface area contributed by atoms with Gasteiger partial charge in [-0.2, -0.15) is 0 Å². The van der Waals surface area contributed by atoms with Crippen LogP contribution in [-0.4, -0.2) is 18.0 Å². The van der Waals surface area contributed by atoms with Crippen molar-refractivity contribution >= 4 is 17.1 Å². The molecule has 0 unspecified atom stereocenters. The van der Waals surface area contributed by atoms with Crippen molar-refractivity contribution in [3.63, 3.8) is 0 Å². The number of hydrogen-bond acceptors (Lipinski definition) is 3. The number of hydrogen-bond donors (Lipinski definition) is 0. The average molecular weight is 212 g/mol. The fourth-order valence-electron chi connectivity index (χ4n) is 1.34. The Morgan fingerprint density at radius 2 is 2.21 bits per heavy atom. The van der Waals surface area contributed by atoms with E-state index >= 15 is 0 Å². The molecule has 0 N–H and O–H groups in total. The van der Waals surface area contributed by atoms with Crippen molar-refractivity contribution in [2.45, 2.75) is 33.3 Å². The Morgan fingerprint density at radius 3 is 2.64 bits per heavy atom. The summed E-state index contributed by atoms with van der Waals surface area (Å²) in [6.45, 7) is 8.07. The maximum absolute atomic E-state index is 12.0. The summed E-state index contributed by atoms with van der Waals surface area (Å²) in [6, 6.07) is 1.91. The van der Waals surface area contributed by atoms with Gasteiger partial charge < -0.3 is 4.74 Å². The van der Waals surface area contributed by atoms with Gasteiger partial charge in [0, 0.05) is 22.4 Å². The molecule has 0 fully saturated rings. The molecule has 14 heavy (non-hydrogen) atoms. The maximum atomic E-state index is 12.0. The first-order valence-corrected chi connectivity index (χ1v) is 5.59. The predicted octanol–water partition coefficient (Wildman–Crippen LogP) is 3.05. The van der Waals surface area contributed by atoms with Crippen LogP contribution < -0.4 is 0 Å². The highest BCUT2D eigenvalue weighted by Crippen LogP contribution is 2.21. The molecule has 1 aromatic heterocycles. The summed E-state index contributed by atoms with van der Waals surface area (Å²) in [6.07, 6.45) is 0. The van der Waals surface area contributed by atoms with E-state index in [0.29, 0.717) is 6.61 Å². The van der Waals surface area contributed by atoms with Crippen LogP contribution in [0.1, 0.15) is 36.0 Å². The van der Waals surface area contributed by atoms with Gasteiger partial charge in [-0.1, -0.05) is 0 Å². The largest absolute Gasteiger partial charge is 0.368 e. The fraction of sp³-hybridized carbons (Fsp3) is 0.545. The molecule has 0 aliphatic carbocycles. The van der Waals surface area contributed by atoms with Crippen LogP contribution in [0, 0.1) is 6.92 Å². The second-order valence-corrected chi connectivity index (χ2v) is 4.83. The third kappa shape index (κ3) is 2.42. The van der Waals surface area contributed by atoms with E-state index in [4.69, 9.17) is 4.74 Å². The summed E-state index contributed by atoms with van der Waals surface area (Å²) < 4.78 is 5.41. The van der Waals surface area contributed by atoms with Gasteiger partial charge in [0.25, 0.3) is 0 Å². The summed E-state index contributed by atoms with van der Waals surface area (Å²) >= 11 is 1.59. The molecule has 0 saturated heterocycles. The van der Waals surface area contributed by atoms with Crippen LogP contribution in [0.5, 0.6) is 0 Å². The number of carbonyl (C=O) groups is 1. The molecular formula is C11H16O2S. The Morgan fingerprint density at radius 1 is 1.57 bits per heavy atom. The van der Waals surface area contributed by atoms with E-state index in [1.54, 1.807) is 11.3 Å². The second kappa shape index (κ2) is 4.24. The Labute approximate surface area is 88.9 Å². The van der Waals surface area contributed by atoms with Gasteiger partial charge in [0.2, 0.25) is 0 Å². The highest BCUT2D eigenvalue weighted by Gasteiger charge is 2.29. The smallest absolute Gasteiger partial charge is 0.194 e. The molecule has 0 amide bonds. The van der Waals surface area contributed by atoms with Crippen molar-refractivity contribution in [1.82, 2.24) is 0 Å². The Bertz CT molecular complexity index is 326. The Hall–Kier alpha value is -0.670. The molecular weight excluding hydrogens is 196 g/mol. The van der Waals surface area contributed by atoms with Gasteiger partial charge in [0.15, 0.2) is 5.78 Å². The first-order valence-electron chi connectivity index (χ1n) is 4.71. The molecule has 1 aromatic rings. The minimum Gasteiger partial charge on any atom is -0.368 e. The van der Waals surface area contributed by atoms with Gasteiger partial charge in [-0.15, -0.1) is 11.3 Å². The topological polar surface area (TPSA) is 26.3 Å². The third-order valence-corrected chi connectivity index (χ3v) is 2.91. The number of rotatable bonds is 4. The summed E-state index contributed by atoms with van der Waals surface area (Å²) in [5.41, 5.74) is 0.0494. The molecule has 0 aliphatic heterocycles. The minimum absolute atomic E-state index is 0.0590. The lowest BCUT2D eigenvalue weighted by molar-refractivity contribution is 0.00129. The van der Waals surface area contributed by atoms with Gasteiger partial charge in [-0.05, 0) is 33.8 Å². The highest BCUT2D eigenvalue weighted by atomic mass is 32.1. The molecule has 0 aromatic carbocycles. The van der Waals surface area contributed by atoms with Crippen LogP contribution in [0.2, 0.25) is 0 Å². The molecule has 0 radical (unpaired) electrons. The molecule has 0 atom stereocenters. The van der Waals surface area contributed by atoms with Crippen LogP contribution in [-0.2, 0) is 4.74 Å². The van der Waals surface area contributed by atoms with Crippen molar-refractivity contribution in [1.29, 1.82) is 0 Å². The maximum Gasteiger partial charge on any atom is 0.194 e. The average Bonchev–Trinajstić information content (AvgIpc) is 2.50. The molecule has 1 rings (SSSR count). The van der Waals surface area contributed by atoms with Crippen LogP contribution in [0.15, 0.2) is 11.4 Å². The fourth-order valence-corrected chi connectivity index (χ4v) is 2.02. The SMILES string of the molecule is CCOC(C)(C)C(=O)c1csc(C)c1. The number of carbonyl (C=O) groups excluding carboxylic acids is 1. The van der Waals surface area contributed by atoms with Crippen LogP contribution >= 0.6 is 11.3 Å². The number of Topliss-reactive ketones (excluding diaryl/α,β-unsaturated/α-hetero) is 1. The zero-order chi connectivity index (χ0) is 10.8. The Kier molecular flexibility index (Phi) is 3.45. The van der Waals surface area contributed by atoms with Gasteiger partial charge in [0.1, 0.15) is 5.60 Å². The van der Waals surface area contributed by atoms with E-state index in [2.05, 4.69) is 0 Å². The molecule has 0 aliphatic rings. The summed E-state index contributed by atoms with van der Waals surface area (Å²) in [5, 5.41) is 1.89. The minimum atomic E-state index is -0.706. The number of aryl methyl sites for hydroxylation is 1. The molecule has 0 saturated carbocycles. The van der Waals surface area contributed by atoms with Gasteiger partial charge >= 0.3 is 0 Å². The van der Waals surface area contributed by atoms with E-state index in [9.17, 15) is 4.79 Å². The second-order valence-electron chi connectivity index (χ2n) is 3.72. The van der Waals surface area contributed by atoms with E-state index in [-0.39, 0.29) is 5.78 Å². The van der Waals surface area contributed by atoms with Crippen molar-refractivity contribution in [2.75, 3.05) is 6.61 Å². The van der Waals surface area contributed by atoms with E-state index in [1.165, 1.54) is 0 Å². The molecule has 78 valence electrons. The Balaban J connectivity index is 2.84. The molecule has 0 bridgehead atoms. The first-order chi connectivity index (χ1) is 6.47. The zero-order valence-corrected chi connectivity index (χ0v) is 9.90. The van der Waals surface area contributed by atoms with E-state index in [0.717, 1.165) is 10.4 Å². The number of ether oxygens (including phenoxy) is 1. The lowest BCUT2D eigenvalue weighted by atomic mass is 9.98. The quantitative estimate of drug-likeness (QED) is 0.717. The lowest BCUT2D eigenvalue weighted by Crippen LogP contribution is -2.34. The summed E-state index contributed by atoms with van der Waals surface area (Å²) in [7, 11) is 0. The van der Waals surface area contributed by atoms with Crippen LogP contribution in [0.4, 0.5) is 0 Å². The van der Waals surface area contributed by atoms with Crippen LogP contribution in [0.3, 0.4) is 0 Å². The molecule has 3 heteroatoms. The standard InChI is InChI=1S/C11H16O2S/c1-5-13-11(3,4)10(12)9-6-8(2)14-7-9/h6-7H,5H2,1-4H3. The van der Waals surface area contributed by atoms with E-state index in [1.807, 2.05) is 39.1 Å². The highest BCUT2D eigenvalue weighted by molar-refractivity contribution is 7.10. The van der Waals surface area contributed by atoms with Crippen molar-refractivity contribution < 1.29 is 9.53 Å². The van der Waals surface area contributed by atoms with Crippen LogP contribution in [0.25, 0.3) is 0 Å².